The Kier molecular flexibility index (Phi) is 7.47. The largest absolute Gasteiger partial charge is 0.334 e. The highest BCUT2D eigenvalue weighted by atomic mass is 35.5. The van der Waals surface area contributed by atoms with Crippen molar-refractivity contribution in [3.63, 3.8) is 0 Å². The molecule has 1 amide bonds. The van der Waals surface area contributed by atoms with E-state index in [1.165, 1.54) is 0 Å². The van der Waals surface area contributed by atoms with Crippen molar-refractivity contribution < 1.29 is 4.79 Å². The van der Waals surface area contributed by atoms with Gasteiger partial charge in [-0.25, -0.2) is 0 Å². The Morgan fingerprint density at radius 3 is 2.50 bits per heavy atom. The standard InChI is InChI=1S/C20H21Cl2N3O/c1-24(2)9-4-10-25(14-16-7-8-18(21)19(22)12-16)20(26)17-6-3-5-15(11-17)13-23/h3,5-8,11-12H,4,9-10,14H2,1-2H3. The highest BCUT2D eigenvalue weighted by Gasteiger charge is 2.17. The first-order valence-electron chi connectivity index (χ1n) is 8.29. The van der Waals surface area contributed by atoms with E-state index in [1.807, 2.05) is 20.2 Å². The molecule has 0 bridgehead atoms. The molecule has 0 saturated carbocycles. The molecule has 0 spiro atoms. The molecule has 2 rings (SSSR count). The second kappa shape index (κ2) is 9.59. The Morgan fingerprint density at radius 1 is 1.08 bits per heavy atom. The molecule has 0 aliphatic heterocycles. The van der Waals surface area contributed by atoms with Crippen molar-refractivity contribution >= 4 is 29.1 Å². The van der Waals surface area contributed by atoms with Gasteiger partial charge >= 0.3 is 0 Å². The van der Waals surface area contributed by atoms with Gasteiger partial charge in [0.05, 0.1) is 21.7 Å². The molecule has 0 aliphatic carbocycles. The van der Waals surface area contributed by atoms with Crippen LogP contribution in [0.2, 0.25) is 10.0 Å². The summed E-state index contributed by atoms with van der Waals surface area (Å²) >= 11 is 12.1. The fraction of sp³-hybridized carbons (Fsp3) is 0.300. The SMILES string of the molecule is CN(C)CCCN(Cc1ccc(Cl)c(Cl)c1)C(=O)c1cccc(C#N)c1. The van der Waals surface area contributed by atoms with Crippen LogP contribution in [0.4, 0.5) is 0 Å². The minimum absolute atomic E-state index is 0.105. The Balaban J connectivity index is 2.22. The lowest BCUT2D eigenvalue weighted by Gasteiger charge is -2.24. The zero-order valence-corrected chi connectivity index (χ0v) is 16.4. The third kappa shape index (κ3) is 5.74. The fourth-order valence-electron chi connectivity index (χ4n) is 2.59. The van der Waals surface area contributed by atoms with Gasteiger partial charge in [-0.05, 0) is 63.0 Å². The average Bonchev–Trinajstić information content (AvgIpc) is 2.63. The molecule has 0 saturated heterocycles. The highest BCUT2D eigenvalue weighted by Crippen LogP contribution is 2.23. The van der Waals surface area contributed by atoms with Crippen molar-refractivity contribution in [1.29, 1.82) is 5.26 Å². The molecule has 0 unspecified atom stereocenters. The van der Waals surface area contributed by atoms with Gasteiger partial charge in [-0.15, -0.1) is 0 Å². The first-order valence-corrected chi connectivity index (χ1v) is 9.04. The maximum Gasteiger partial charge on any atom is 0.254 e. The number of amides is 1. The number of carbonyl (C=O) groups excluding carboxylic acids is 1. The predicted octanol–water partition coefficient (Wildman–Crippen LogP) is 4.46. The summed E-state index contributed by atoms with van der Waals surface area (Å²) < 4.78 is 0. The molecule has 2 aromatic rings. The molecule has 2 aromatic carbocycles. The number of benzene rings is 2. The van der Waals surface area contributed by atoms with Crippen molar-refractivity contribution in [3.8, 4) is 6.07 Å². The molecule has 26 heavy (non-hydrogen) atoms. The minimum atomic E-state index is -0.105. The number of rotatable bonds is 7. The fourth-order valence-corrected chi connectivity index (χ4v) is 2.91. The molecular formula is C20H21Cl2N3O. The molecule has 0 fully saturated rings. The average molecular weight is 390 g/mol. The van der Waals surface area contributed by atoms with Crippen LogP contribution in [0.25, 0.3) is 0 Å². The van der Waals surface area contributed by atoms with Crippen LogP contribution >= 0.6 is 23.2 Å². The van der Waals surface area contributed by atoms with Crippen molar-refractivity contribution in [2.45, 2.75) is 13.0 Å². The molecule has 0 heterocycles. The zero-order chi connectivity index (χ0) is 19.1. The summed E-state index contributed by atoms with van der Waals surface area (Å²) in [6, 6.07) is 14.2. The maximum atomic E-state index is 13.0. The summed E-state index contributed by atoms with van der Waals surface area (Å²) in [5.41, 5.74) is 1.89. The predicted molar refractivity (Wildman–Crippen MR) is 106 cm³/mol. The lowest BCUT2D eigenvalue weighted by Crippen LogP contribution is -2.33. The number of carbonyl (C=O) groups is 1. The van der Waals surface area contributed by atoms with Crippen LogP contribution in [0.3, 0.4) is 0 Å². The molecule has 0 aliphatic rings. The molecule has 4 nitrogen and oxygen atoms in total. The van der Waals surface area contributed by atoms with Crippen LogP contribution in [-0.4, -0.2) is 42.9 Å². The van der Waals surface area contributed by atoms with E-state index >= 15 is 0 Å². The quantitative estimate of drug-likeness (QED) is 0.701. The molecule has 0 N–H and O–H groups in total. The van der Waals surface area contributed by atoms with Crippen molar-refractivity contribution in [2.24, 2.45) is 0 Å². The molecule has 0 aromatic heterocycles. The van der Waals surface area contributed by atoms with E-state index in [2.05, 4.69) is 11.0 Å². The number of nitriles is 1. The van der Waals surface area contributed by atoms with Crippen LogP contribution in [-0.2, 0) is 6.54 Å². The maximum absolute atomic E-state index is 13.0. The normalized spacial score (nSPS) is 10.6. The van der Waals surface area contributed by atoms with Gasteiger partial charge in [-0.1, -0.05) is 35.3 Å². The van der Waals surface area contributed by atoms with E-state index in [0.29, 0.717) is 34.3 Å². The highest BCUT2D eigenvalue weighted by molar-refractivity contribution is 6.42. The monoisotopic (exact) mass is 389 g/mol. The van der Waals surface area contributed by atoms with Gasteiger partial charge in [0.15, 0.2) is 0 Å². The summed E-state index contributed by atoms with van der Waals surface area (Å²) in [6.07, 6.45) is 0.845. The van der Waals surface area contributed by atoms with Gasteiger partial charge in [-0.2, -0.15) is 5.26 Å². The number of nitrogens with zero attached hydrogens (tertiary/aromatic N) is 3. The van der Waals surface area contributed by atoms with Gasteiger partial charge in [0.1, 0.15) is 0 Å². The second-order valence-corrected chi connectivity index (χ2v) is 7.14. The Hall–Kier alpha value is -2.06. The summed E-state index contributed by atoms with van der Waals surface area (Å²) in [4.78, 5) is 16.8. The van der Waals surface area contributed by atoms with E-state index in [-0.39, 0.29) is 5.91 Å². The molecule has 136 valence electrons. The van der Waals surface area contributed by atoms with Crippen molar-refractivity contribution in [3.05, 3.63) is 69.2 Å². The lowest BCUT2D eigenvalue weighted by atomic mass is 10.1. The van der Waals surface area contributed by atoms with Crippen molar-refractivity contribution in [2.75, 3.05) is 27.2 Å². The Bertz CT molecular complexity index is 815. The van der Waals surface area contributed by atoms with Gasteiger partial charge in [0, 0.05) is 18.7 Å². The lowest BCUT2D eigenvalue weighted by molar-refractivity contribution is 0.0737. The van der Waals surface area contributed by atoms with E-state index in [4.69, 9.17) is 28.5 Å². The summed E-state index contributed by atoms with van der Waals surface area (Å²) in [7, 11) is 4.00. The molecule has 0 atom stereocenters. The summed E-state index contributed by atoms with van der Waals surface area (Å²) in [5, 5.41) is 10.0. The summed E-state index contributed by atoms with van der Waals surface area (Å²) in [6.45, 7) is 1.91. The van der Waals surface area contributed by atoms with E-state index in [0.717, 1.165) is 18.5 Å². The van der Waals surface area contributed by atoms with Gasteiger partial charge in [0.2, 0.25) is 0 Å². The molecule has 6 heteroatoms. The Morgan fingerprint density at radius 2 is 1.85 bits per heavy atom. The van der Waals surface area contributed by atoms with Gasteiger partial charge in [0.25, 0.3) is 5.91 Å². The van der Waals surface area contributed by atoms with Gasteiger partial charge < -0.3 is 9.80 Å². The third-order valence-corrected chi connectivity index (χ3v) is 4.66. The van der Waals surface area contributed by atoms with Crippen LogP contribution in [0, 0.1) is 11.3 Å². The minimum Gasteiger partial charge on any atom is -0.334 e. The van der Waals surface area contributed by atoms with Crippen LogP contribution in [0.15, 0.2) is 42.5 Å². The molecule has 0 radical (unpaired) electrons. The van der Waals surface area contributed by atoms with Crippen LogP contribution < -0.4 is 0 Å². The van der Waals surface area contributed by atoms with Crippen LogP contribution in [0.5, 0.6) is 0 Å². The van der Waals surface area contributed by atoms with Crippen LogP contribution in [0.1, 0.15) is 27.9 Å². The van der Waals surface area contributed by atoms with Gasteiger partial charge in [-0.3, -0.25) is 4.79 Å². The smallest absolute Gasteiger partial charge is 0.254 e. The third-order valence-electron chi connectivity index (χ3n) is 3.92. The summed E-state index contributed by atoms with van der Waals surface area (Å²) in [5.74, 6) is -0.105. The first-order chi connectivity index (χ1) is 12.4. The number of hydrogen-bond donors (Lipinski definition) is 0. The first kappa shape index (κ1) is 20.3. The Labute approximate surface area is 164 Å². The second-order valence-electron chi connectivity index (χ2n) is 6.32. The van der Waals surface area contributed by atoms with E-state index < -0.39 is 0 Å². The van der Waals surface area contributed by atoms with Crippen molar-refractivity contribution in [1.82, 2.24) is 9.80 Å². The van der Waals surface area contributed by atoms with E-state index in [9.17, 15) is 4.79 Å². The molecular weight excluding hydrogens is 369 g/mol. The van der Waals surface area contributed by atoms with E-state index in [1.54, 1.807) is 41.3 Å². The number of halogens is 2. The number of hydrogen-bond acceptors (Lipinski definition) is 3. The topological polar surface area (TPSA) is 47.3 Å². The zero-order valence-electron chi connectivity index (χ0n) is 14.9.